The van der Waals surface area contributed by atoms with Crippen LogP contribution in [0.4, 0.5) is 5.69 Å². The van der Waals surface area contributed by atoms with Crippen LogP contribution in [0.25, 0.3) is 0 Å². The topological polar surface area (TPSA) is 92.6 Å². The van der Waals surface area contributed by atoms with Crippen LogP contribution >= 0.6 is 0 Å². The van der Waals surface area contributed by atoms with Crippen LogP contribution in [0.1, 0.15) is 12.0 Å². The fourth-order valence-corrected chi connectivity index (χ4v) is 3.69. The van der Waals surface area contributed by atoms with E-state index < -0.39 is 20.6 Å². The molecule has 0 aliphatic heterocycles. The van der Waals surface area contributed by atoms with E-state index in [1.54, 1.807) is 0 Å². The van der Waals surface area contributed by atoms with Crippen molar-refractivity contribution >= 4 is 15.7 Å². The average Bonchev–Trinajstić information content (AvgIpc) is 2.59. The quantitative estimate of drug-likeness (QED) is 0.419. The van der Waals surface area contributed by atoms with Crippen molar-refractivity contribution < 1.29 is 13.3 Å². The Kier molecular flexibility index (Phi) is 6.63. The zero-order chi connectivity index (χ0) is 18.3. The number of nitro benzene ring substituents is 1. The van der Waals surface area contributed by atoms with Gasteiger partial charge in [-0.15, -0.1) is 0 Å². The smallest absolute Gasteiger partial charge is 0.289 e. The van der Waals surface area contributed by atoms with Gasteiger partial charge in [0.25, 0.3) is 5.69 Å². The van der Waals surface area contributed by atoms with Gasteiger partial charge < -0.3 is 4.90 Å². The second-order valence-corrected chi connectivity index (χ2v) is 7.43. The summed E-state index contributed by atoms with van der Waals surface area (Å²) in [6, 6.07) is 15.3. The molecule has 0 atom stereocenters. The molecule has 7 nitrogen and oxygen atoms in total. The zero-order valence-electron chi connectivity index (χ0n) is 14.0. The predicted octanol–water partition coefficient (Wildman–Crippen LogP) is 2.40. The highest BCUT2D eigenvalue weighted by molar-refractivity contribution is 7.89. The van der Waals surface area contributed by atoms with Gasteiger partial charge in [0.2, 0.25) is 10.0 Å². The van der Waals surface area contributed by atoms with E-state index in [4.69, 9.17) is 0 Å². The average molecular weight is 363 g/mol. The minimum Gasteiger partial charge on any atom is -0.302 e. The van der Waals surface area contributed by atoms with E-state index in [1.807, 2.05) is 37.4 Å². The summed E-state index contributed by atoms with van der Waals surface area (Å²) in [4.78, 5) is 12.1. The number of nitrogens with one attached hydrogen (secondary N) is 1. The minimum atomic E-state index is -3.90. The van der Waals surface area contributed by atoms with Crippen LogP contribution in [0.3, 0.4) is 0 Å². The Morgan fingerprint density at radius 3 is 2.40 bits per heavy atom. The first-order chi connectivity index (χ1) is 11.9. The zero-order valence-corrected chi connectivity index (χ0v) is 14.8. The Morgan fingerprint density at radius 2 is 1.72 bits per heavy atom. The summed E-state index contributed by atoms with van der Waals surface area (Å²) >= 11 is 0. The molecule has 0 bridgehead atoms. The third-order valence-corrected chi connectivity index (χ3v) is 5.16. The Hall–Kier alpha value is -2.29. The molecule has 2 aromatic carbocycles. The van der Waals surface area contributed by atoms with Crippen molar-refractivity contribution in [3.63, 3.8) is 0 Å². The third kappa shape index (κ3) is 5.63. The summed E-state index contributed by atoms with van der Waals surface area (Å²) in [6.07, 6.45) is 0.600. The molecule has 2 aromatic rings. The van der Waals surface area contributed by atoms with E-state index in [2.05, 4.69) is 9.62 Å². The number of sulfonamides is 1. The molecule has 1 N–H and O–H groups in total. The maximum atomic E-state index is 12.3. The van der Waals surface area contributed by atoms with Crippen molar-refractivity contribution in [2.24, 2.45) is 0 Å². The lowest BCUT2D eigenvalue weighted by Crippen LogP contribution is -2.28. The number of para-hydroxylation sites is 1. The standard InChI is InChI=1S/C17H21N3O4S/c1-19(14-15-8-3-2-4-9-15)13-7-12-18-25(23,24)17-11-6-5-10-16(17)20(21)22/h2-6,8-11,18H,7,12-14H2,1H3. The van der Waals surface area contributed by atoms with Crippen molar-refractivity contribution in [1.29, 1.82) is 0 Å². The van der Waals surface area contributed by atoms with Crippen molar-refractivity contribution in [2.45, 2.75) is 17.9 Å². The first kappa shape index (κ1) is 19.0. The molecule has 0 spiro atoms. The van der Waals surface area contributed by atoms with Crippen molar-refractivity contribution in [1.82, 2.24) is 9.62 Å². The lowest BCUT2D eigenvalue weighted by atomic mass is 10.2. The molecule has 0 saturated heterocycles. The maximum absolute atomic E-state index is 12.3. The van der Waals surface area contributed by atoms with Crippen LogP contribution < -0.4 is 4.72 Å². The van der Waals surface area contributed by atoms with E-state index in [-0.39, 0.29) is 11.4 Å². The van der Waals surface area contributed by atoms with Gasteiger partial charge in [-0.05, 0) is 31.6 Å². The highest BCUT2D eigenvalue weighted by Gasteiger charge is 2.24. The Morgan fingerprint density at radius 1 is 1.08 bits per heavy atom. The third-order valence-electron chi connectivity index (χ3n) is 3.66. The molecule has 0 heterocycles. The summed E-state index contributed by atoms with van der Waals surface area (Å²) in [5, 5.41) is 11.0. The fraction of sp³-hybridized carbons (Fsp3) is 0.294. The molecule has 134 valence electrons. The number of benzene rings is 2. The van der Waals surface area contributed by atoms with E-state index in [0.717, 1.165) is 6.54 Å². The van der Waals surface area contributed by atoms with Gasteiger partial charge >= 0.3 is 0 Å². The highest BCUT2D eigenvalue weighted by Crippen LogP contribution is 2.22. The molecule has 2 rings (SSSR count). The first-order valence-electron chi connectivity index (χ1n) is 7.86. The molecule has 0 amide bonds. The summed E-state index contributed by atoms with van der Waals surface area (Å²) in [6.45, 7) is 1.69. The first-order valence-corrected chi connectivity index (χ1v) is 9.34. The Balaban J connectivity index is 1.86. The van der Waals surface area contributed by atoms with Crippen LogP contribution in [0.15, 0.2) is 59.5 Å². The van der Waals surface area contributed by atoms with Gasteiger partial charge in [-0.3, -0.25) is 10.1 Å². The number of hydrogen-bond acceptors (Lipinski definition) is 5. The Labute approximate surface area is 147 Å². The summed E-state index contributed by atoms with van der Waals surface area (Å²) < 4.78 is 27.0. The van der Waals surface area contributed by atoms with Crippen molar-refractivity contribution in [3.05, 3.63) is 70.3 Å². The van der Waals surface area contributed by atoms with Gasteiger partial charge in [0, 0.05) is 19.2 Å². The monoisotopic (exact) mass is 363 g/mol. The summed E-state index contributed by atoms with van der Waals surface area (Å²) in [5.41, 5.74) is 0.765. The molecule has 8 heteroatoms. The fourth-order valence-electron chi connectivity index (χ4n) is 2.44. The molecule has 0 aliphatic carbocycles. The molecule has 0 aliphatic rings. The van der Waals surface area contributed by atoms with Gasteiger partial charge in [-0.25, -0.2) is 13.1 Å². The van der Waals surface area contributed by atoms with Crippen LogP contribution in [0.2, 0.25) is 0 Å². The van der Waals surface area contributed by atoms with Crippen LogP contribution in [0.5, 0.6) is 0 Å². The van der Waals surface area contributed by atoms with E-state index in [9.17, 15) is 18.5 Å². The van der Waals surface area contributed by atoms with Crippen LogP contribution in [-0.2, 0) is 16.6 Å². The maximum Gasteiger partial charge on any atom is 0.289 e. The van der Waals surface area contributed by atoms with Gasteiger partial charge in [0.1, 0.15) is 0 Å². The molecular formula is C17H21N3O4S. The van der Waals surface area contributed by atoms with Gasteiger partial charge in [-0.1, -0.05) is 42.5 Å². The second-order valence-electron chi connectivity index (χ2n) is 5.70. The number of nitro groups is 1. The minimum absolute atomic E-state index is 0.216. The Bertz CT molecular complexity index is 810. The number of nitrogens with zero attached hydrogens (tertiary/aromatic N) is 2. The lowest BCUT2D eigenvalue weighted by Gasteiger charge is -2.16. The van der Waals surface area contributed by atoms with E-state index in [0.29, 0.717) is 13.0 Å². The molecule has 0 fully saturated rings. The summed E-state index contributed by atoms with van der Waals surface area (Å²) in [7, 11) is -1.94. The SMILES string of the molecule is CN(CCCNS(=O)(=O)c1ccccc1[N+](=O)[O-])Cc1ccccc1. The normalized spacial score (nSPS) is 11.6. The van der Waals surface area contributed by atoms with Crippen molar-refractivity contribution in [2.75, 3.05) is 20.1 Å². The van der Waals surface area contributed by atoms with Crippen LogP contribution in [0, 0.1) is 10.1 Å². The van der Waals surface area contributed by atoms with Gasteiger partial charge in [0.05, 0.1) is 4.92 Å². The van der Waals surface area contributed by atoms with Crippen molar-refractivity contribution in [3.8, 4) is 0 Å². The molecular weight excluding hydrogens is 342 g/mol. The predicted molar refractivity (Wildman–Crippen MR) is 95.7 cm³/mol. The van der Waals surface area contributed by atoms with Gasteiger partial charge in [-0.2, -0.15) is 0 Å². The summed E-state index contributed by atoms with van der Waals surface area (Å²) in [5.74, 6) is 0. The van der Waals surface area contributed by atoms with E-state index >= 15 is 0 Å². The molecule has 0 saturated carbocycles. The van der Waals surface area contributed by atoms with Crippen LogP contribution in [-0.4, -0.2) is 38.4 Å². The van der Waals surface area contributed by atoms with E-state index in [1.165, 1.54) is 29.8 Å². The van der Waals surface area contributed by atoms with Gasteiger partial charge in [0.15, 0.2) is 4.90 Å². The largest absolute Gasteiger partial charge is 0.302 e. The second kappa shape index (κ2) is 8.70. The molecule has 0 radical (unpaired) electrons. The highest BCUT2D eigenvalue weighted by atomic mass is 32.2. The molecule has 25 heavy (non-hydrogen) atoms. The molecule has 0 aromatic heterocycles. The lowest BCUT2D eigenvalue weighted by molar-refractivity contribution is -0.387. The number of hydrogen-bond donors (Lipinski definition) is 1. The molecule has 0 unspecified atom stereocenters. The number of rotatable bonds is 9.